The summed E-state index contributed by atoms with van der Waals surface area (Å²) in [6.45, 7) is 3.12. The van der Waals surface area contributed by atoms with Crippen LogP contribution >= 0.6 is 0 Å². The first-order valence-electron chi connectivity index (χ1n) is 3.60. The van der Waals surface area contributed by atoms with Gasteiger partial charge in [0.2, 0.25) is 0 Å². The lowest BCUT2D eigenvalue weighted by atomic mass is 10.8. The molecular formula is C7H16O5S. The van der Waals surface area contributed by atoms with Gasteiger partial charge in [-0.05, 0) is 0 Å². The fourth-order valence-corrected chi connectivity index (χ4v) is 0.848. The van der Waals surface area contributed by atoms with E-state index in [9.17, 15) is 8.42 Å². The highest BCUT2D eigenvalue weighted by Crippen LogP contribution is 1.88. The monoisotopic (exact) mass is 212 g/mol. The van der Waals surface area contributed by atoms with Gasteiger partial charge in [-0.25, -0.2) is 8.42 Å². The highest BCUT2D eigenvalue weighted by Gasteiger charge is 2.01. The topological polar surface area (TPSA) is 83.8 Å². The fraction of sp³-hybridized carbons (Fsp3) is 0.714. The van der Waals surface area contributed by atoms with Gasteiger partial charge in [-0.2, -0.15) is 0 Å². The smallest absolute Gasteiger partial charge is 0.173 e. The molecule has 2 N–H and O–H groups in total. The van der Waals surface area contributed by atoms with E-state index in [1.54, 1.807) is 0 Å². The summed E-state index contributed by atoms with van der Waals surface area (Å²) >= 11 is 0. The minimum atomic E-state index is -3.04. The molecule has 6 heteroatoms. The predicted octanol–water partition coefficient (Wildman–Crippen LogP) is -0.838. The van der Waals surface area contributed by atoms with Crippen molar-refractivity contribution in [3.63, 3.8) is 0 Å². The molecule has 0 aliphatic rings. The molecule has 0 aromatic carbocycles. The molecule has 0 aliphatic carbocycles. The Morgan fingerprint density at radius 1 is 1.38 bits per heavy atom. The predicted molar refractivity (Wildman–Crippen MR) is 50.0 cm³/mol. The Morgan fingerprint density at radius 2 is 1.85 bits per heavy atom. The highest BCUT2D eigenvalue weighted by atomic mass is 32.2. The molecule has 0 rings (SSSR count). The Labute approximate surface area is 78.6 Å². The fourth-order valence-electron chi connectivity index (χ4n) is 0.283. The summed E-state index contributed by atoms with van der Waals surface area (Å²) in [6.07, 6.45) is 0. The summed E-state index contributed by atoms with van der Waals surface area (Å²) in [5.74, 6) is 0.0208. The maximum Gasteiger partial charge on any atom is 0.173 e. The quantitative estimate of drug-likeness (QED) is 0.621. The first-order chi connectivity index (χ1) is 6.04. The third kappa shape index (κ3) is 14.4. The Balaban J connectivity index is 0. The molecule has 0 heterocycles. The second kappa shape index (κ2) is 9.66. The molecule has 13 heavy (non-hydrogen) atoms. The molecular weight excluding hydrogens is 196 g/mol. The van der Waals surface area contributed by atoms with Crippen LogP contribution in [0.4, 0.5) is 0 Å². The van der Waals surface area contributed by atoms with Gasteiger partial charge < -0.3 is 14.9 Å². The summed E-state index contributed by atoms with van der Waals surface area (Å²) < 4.78 is 25.7. The van der Waals surface area contributed by atoms with Gasteiger partial charge in [0.15, 0.2) is 9.84 Å². The van der Waals surface area contributed by atoms with E-state index in [1.165, 1.54) is 7.11 Å². The number of hydrogen-bond donors (Lipinski definition) is 2. The van der Waals surface area contributed by atoms with Crippen molar-refractivity contribution in [3.05, 3.63) is 12.0 Å². The zero-order valence-electron chi connectivity index (χ0n) is 7.64. The summed E-state index contributed by atoms with van der Waals surface area (Å²) in [6, 6.07) is 0. The maximum absolute atomic E-state index is 10.6. The lowest BCUT2D eigenvalue weighted by molar-refractivity contribution is 0.186. The van der Waals surface area contributed by atoms with Gasteiger partial charge in [-0.1, -0.05) is 6.58 Å². The lowest BCUT2D eigenvalue weighted by Gasteiger charge is -1.94. The number of rotatable bonds is 5. The van der Waals surface area contributed by atoms with Gasteiger partial charge in [-0.3, -0.25) is 0 Å². The summed E-state index contributed by atoms with van der Waals surface area (Å²) in [5.41, 5.74) is 0. The van der Waals surface area contributed by atoms with Crippen LogP contribution < -0.4 is 0 Å². The van der Waals surface area contributed by atoms with Crippen LogP contribution in [0.2, 0.25) is 0 Å². The molecule has 0 bridgehead atoms. The second-order valence-electron chi connectivity index (χ2n) is 1.97. The van der Waals surface area contributed by atoms with Crippen molar-refractivity contribution >= 4 is 9.84 Å². The summed E-state index contributed by atoms with van der Waals surface area (Å²) in [5, 5.41) is 16.2. The Bertz CT molecular complexity index is 195. The molecule has 0 aliphatic heterocycles. The number of aliphatic hydroxyl groups is 2. The number of hydrogen-bond acceptors (Lipinski definition) is 5. The number of methoxy groups -OCH3 is 1. The summed E-state index contributed by atoms with van der Waals surface area (Å²) in [7, 11) is -1.59. The Morgan fingerprint density at radius 3 is 2.08 bits per heavy atom. The van der Waals surface area contributed by atoms with Crippen molar-refractivity contribution < 1.29 is 23.4 Å². The number of sulfone groups is 1. The van der Waals surface area contributed by atoms with Crippen LogP contribution in [0, 0.1) is 0 Å². The molecule has 0 atom stereocenters. The average Bonchev–Trinajstić information content (AvgIpc) is 2.15. The van der Waals surface area contributed by atoms with Gasteiger partial charge in [0.1, 0.15) is 0 Å². The molecule has 0 fully saturated rings. The Hall–Kier alpha value is -0.430. The molecule has 0 aromatic heterocycles. The van der Waals surface area contributed by atoms with Crippen LogP contribution in [0.15, 0.2) is 12.0 Å². The molecule has 0 saturated carbocycles. The summed E-state index contributed by atoms with van der Waals surface area (Å²) in [4.78, 5) is 0. The number of aliphatic hydroxyl groups excluding tert-OH is 2. The van der Waals surface area contributed by atoms with Crippen LogP contribution in [-0.2, 0) is 14.6 Å². The van der Waals surface area contributed by atoms with Crippen molar-refractivity contribution in [2.75, 3.05) is 32.7 Å². The highest BCUT2D eigenvalue weighted by molar-refractivity contribution is 7.94. The first-order valence-corrected chi connectivity index (χ1v) is 5.31. The molecule has 0 saturated heterocycles. The standard InChI is InChI=1S/C5H10O3S.C2H6O2/c1-3-9(6,7)5-4-8-2;3-1-2-4/h3H,1,4-5H2,2H3;3-4H,1-2H2. The van der Waals surface area contributed by atoms with E-state index >= 15 is 0 Å². The van der Waals surface area contributed by atoms with Crippen LogP contribution in [0.25, 0.3) is 0 Å². The third-order valence-corrected chi connectivity index (χ3v) is 2.17. The molecule has 0 unspecified atom stereocenters. The molecule has 0 spiro atoms. The average molecular weight is 212 g/mol. The molecule has 0 radical (unpaired) electrons. The third-order valence-electron chi connectivity index (χ3n) is 0.926. The minimum Gasteiger partial charge on any atom is -0.394 e. The Kier molecular flexibility index (Phi) is 11.2. The van der Waals surface area contributed by atoms with Crippen LogP contribution in [0.3, 0.4) is 0 Å². The van der Waals surface area contributed by atoms with Crippen molar-refractivity contribution in [1.82, 2.24) is 0 Å². The van der Waals surface area contributed by atoms with Crippen LogP contribution in [-0.4, -0.2) is 51.3 Å². The van der Waals surface area contributed by atoms with Gasteiger partial charge in [0.05, 0.1) is 25.6 Å². The molecule has 0 amide bonds. The SMILES string of the molecule is C=CS(=O)(=O)CCOC.OCCO. The van der Waals surface area contributed by atoms with E-state index in [-0.39, 0.29) is 25.6 Å². The van der Waals surface area contributed by atoms with E-state index in [0.29, 0.717) is 0 Å². The zero-order chi connectivity index (χ0) is 10.7. The maximum atomic E-state index is 10.6. The molecule has 0 aromatic rings. The van der Waals surface area contributed by atoms with Gasteiger partial charge >= 0.3 is 0 Å². The van der Waals surface area contributed by atoms with Crippen molar-refractivity contribution in [3.8, 4) is 0 Å². The van der Waals surface area contributed by atoms with E-state index in [0.717, 1.165) is 5.41 Å². The van der Waals surface area contributed by atoms with Crippen molar-refractivity contribution in [2.45, 2.75) is 0 Å². The largest absolute Gasteiger partial charge is 0.394 e. The van der Waals surface area contributed by atoms with E-state index in [4.69, 9.17) is 10.2 Å². The van der Waals surface area contributed by atoms with Crippen LogP contribution in [0.1, 0.15) is 0 Å². The van der Waals surface area contributed by atoms with Gasteiger partial charge in [-0.15, -0.1) is 0 Å². The van der Waals surface area contributed by atoms with E-state index < -0.39 is 9.84 Å². The van der Waals surface area contributed by atoms with Gasteiger partial charge in [0.25, 0.3) is 0 Å². The minimum absolute atomic E-state index is 0.0208. The number of ether oxygens (including phenoxy) is 1. The molecule has 80 valence electrons. The molecule has 5 nitrogen and oxygen atoms in total. The first kappa shape index (κ1) is 15.1. The van der Waals surface area contributed by atoms with Crippen molar-refractivity contribution in [1.29, 1.82) is 0 Å². The second-order valence-corrected chi connectivity index (χ2v) is 4.04. The normalized spacial score (nSPS) is 10.1. The van der Waals surface area contributed by atoms with E-state index in [2.05, 4.69) is 11.3 Å². The van der Waals surface area contributed by atoms with Crippen molar-refractivity contribution in [2.24, 2.45) is 0 Å². The van der Waals surface area contributed by atoms with Gasteiger partial charge in [0, 0.05) is 12.5 Å². The lowest BCUT2D eigenvalue weighted by Crippen LogP contribution is -2.07. The van der Waals surface area contributed by atoms with E-state index in [1.807, 2.05) is 0 Å². The zero-order valence-corrected chi connectivity index (χ0v) is 8.46. The van der Waals surface area contributed by atoms with Crippen LogP contribution in [0.5, 0.6) is 0 Å².